The highest BCUT2D eigenvalue weighted by Gasteiger charge is 2.31. The Labute approximate surface area is 329 Å². The van der Waals surface area contributed by atoms with Crippen LogP contribution in [0.25, 0.3) is 0 Å². The van der Waals surface area contributed by atoms with Crippen molar-refractivity contribution in [1.29, 1.82) is 0 Å². The average molecular weight is 1270 g/mol. The van der Waals surface area contributed by atoms with Crippen molar-refractivity contribution in [3.8, 4) is 0 Å². The van der Waals surface area contributed by atoms with Crippen LogP contribution < -0.4 is 15.5 Å². The maximum absolute atomic E-state index is 13.5. The van der Waals surface area contributed by atoms with Gasteiger partial charge in [-0.1, -0.05) is 6.92 Å². The van der Waals surface area contributed by atoms with E-state index in [4.69, 9.17) is 5.11 Å². The minimum atomic E-state index is -1.28. The van der Waals surface area contributed by atoms with Crippen molar-refractivity contribution in [3.63, 3.8) is 0 Å². The van der Waals surface area contributed by atoms with Crippen LogP contribution >= 0.6 is 136 Å². The van der Waals surface area contributed by atoms with E-state index in [1.807, 2.05) is 90.4 Å². The average Bonchev–Trinajstić information content (AvgIpc) is 2.92. The molecule has 0 unspecified atom stereocenters. The quantitative estimate of drug-likeness (QED) is 0.150. The second kappa shape index (κ2) is 17.2. The lowest BCUT2D eigenvalue weighted by molar-refractivity contribution is -0.116. The van der Waals surface area contributed by atoms with E-state index in [9.17, 15) is 33.9 Å². The summed E-state index contributed by atoms with van der Waals surface area (Å²) < 4.78 is 2.11. The minimum Gasteiger partial charge on any atom is -0.478 e. The molecule has 0 heterocycles. The van der Waals surface area contributed by atoms with E-state index in [2.05, 4.69) is 10.6 Å². The number of nitrogens with one attached hydrogen (secondary N) is 2. The van der Waals surface area contributed by atoms with Crippen molar-refractivity contribution in [2.75, 3.05) is 30.4 Å². The molecule has 0 atom stereocenters. The number of aromatic carboxylic acids is 1. The number of halogens is 6. The van der Waals surface area contributed by atoms with Crippen LogP contribution in [0.15, 0.2) is 0 Å². The van der Waals surface area contributed by atoms with E-state index in [0.717, 1.165) is 0 Å². The largest absolute Gasteiger partial charge is 0.478 e. The molecule has 0 aliphatic rings. The van der Waals surface area contributed by atoms with Gasteiger partial charge in [-0.15, -0.1) is 0 Å². The maximum Gasteiger partial charge on any atom is 0.337 e. The zero-order chi connectivity index (χ0) is 32.9. The Balaban J connectivity index is 2.50. The number of anilines is 2. The first-order chi connectivity index (χ1) is 20.0. The number of hydrogen-bond donors (Lipinski definition) is 4. The molecular formula is C26H23I6N3O8. The number of amides is 3. The van der Waals surface area contributed by atoms with Gasteiger partial charge in [-0.2, -0.15) is 0 Å². The van der Waals surface area contributed by atoms with Crippen molar-refractivity contribution in [2.24, 2.45) is 0 Å². The van der Waals surface area contributed by atoms with Gasteiger partial charge in [-0.25, -0.2) is 4.79 Å². The zero-order valence-corrected chi connectivity index (χ0v) is 35.5. The number of carbonyl (C=O) groups is 6. The predicted molar refractivity (Wildman–Crippen MR) is 211 cm³/mol. The highest BCUT2D eigenvalue weighted by molar-refractivity contribution is 14.1. The molecule has 2 aromatic rings. The number of aliphatic hydroxyl groups is 1. The van der Waals surface area contributed by atoms with Gasteiger partial charge in [0.1, 0.15) is 0 Å². The van der Waals surface area contributed by atoms with Crippen LogP contribution in [0, 0.1) is 21.4 Å². The highest BCUT2D eigenvalue weighted by atomic mass is 127. The van der Waals surface area contributed by atoms with E-state index >= 15 is 0 Å². The van der Waals surface area contributed by atoms with Gasteiger partial charge in [0.05, 0.1) is 36.2 Å². The molecular weight excluding hydrogens is 1240 g/mol. The fourth-order valence-corrected chi connectivity index (χ4v) is 13.2. The van der Waals surface area contributed by atoms with Crippen molar-refractivity contribution in [1.82, 2.24) is 5.32 Å². The van der Waals surface area contributed by atoms with Gasteiger partial charge in [-0.3, -0.25) is 24.0 Å². The van der Waals surface area contributed by atoms with Gasteiger partial charge in [0.25, 0.3) is 5.91 Å². The summed E-state index contributed by atoms with van der Waals surface area (Å²) in [7, 11) is 1.54. The number of carboxylic acid groups (broad SMARTS) is 1. The third-order valence-electron chi connectivity index (χ3n) is 5.97. The first kappa shape index (κ1) is 39.2. The fourth-order valence-electron chi connectivity index (χ4n) is 3.73. The Morgan fingerprint density at radius 1 is 0.767 bits per heavy atom. The van der Waals surface area contributed by atoms with E-state index in [0.29, 0.717) is 25.5 Å². The van der Waals surface area contributed by atoms with Gasteiger partial charge in [0, 0.05) is 58.8 Å². The molecule has 0 bridgehead atoms. The van der Waals surface area contributed by atoms with Crippen LogP contribution in [0.2, 0.25) is 0 Å². The molecule has 232 valence electrons. The second-order valence-electron chi connectivity index (χ2n) is 8.75. The molecule has 0 aromatic heterocycles. The molecule has 0 spiro atoms. The Hall–Kier alpha value is -0.000000000000000111. The third-order valence-corrected chi connectivity index (χ3v) is 12.4. The summed E-state index contributed by atoms with van der Waals surface area (Å²) >= 11 is 11.3. The number of carboxylic acids is 1. The number of ketones is 2. The topological polar surface area (TPSA) is 170 Å². The molecule has 17 heteroatoms. The van der Waals surface area contributed by atoms with Crippen molar-refractivity contribution >= 4 is 182 Å². The monoisotopic (exact) mass is 1270 g/mol. The van der Waals surface area contributed by atoms with Crippen LogP contribution in [-0.4, -0.2) is 65.7 Å². The Kier molecular flexibility index (Phi) is 15.7. The molecule has 0 saturated heterocycles. The van der Waals surface area contributed by atoms with Crippen LogP contribution in [0.1, 0.15) is 74.5 Å². The van der Waals surface area contributed by atoms with E-state index in [-0.39, 0.29) is 72.9 Å². The summed E-state index contributed by atoms with van der Waals surface area (Å²) in [5.41, 5.74) is 0.951. The lowest BCUT2D eigenvalue weighted by Crippen LogP contribution is -2.35. The van der Waals surface area contributed by atoms with E-state index in [1.54, 1.807) is 59.2 Å². The SMILES string of the molecule is CCC(=O)c1c(I)c(C(=O)NCC(=O)Nc2c(I)c(C(=O)O)c(I)c(C(=O)CCCO)c2I)c(I)c(N(C)C(C)=O)c1I. The number of carbonyl (C=O) groups excluding carboxylic acids is 5. The standard InChI is InChI=1S/C26H23I6N3O8/c1-4-10(38)13-17(27)15(22(32)24(21(13)31)35(3)9(2)37)25(41)33-8-12(40)34-23-19(29)14(11(39)6-5-7-36)18(28)16(20(23)30)26(42)43/h36H,4-8H2,1-3H3,(H,33,41)(H,34,40)(H,42,43). The number of nitrogens with zero attached hydrogens (tertiary/aromatic N) is 1. The summed E-state index contributed by atoms with van der Waals surface area (Å²) in [6, 6.07) is 0. The van der Waals surface area contributed by atoms with Crippen molar-refractivity contribution in [3.05, 3.63) is 43.7 Å². The van der Waals surface area contributed by atoms with E-state index in [1.165, 1.54) is 11.8 Å². The third kappa shape index (κ3) is 8.88. The molecule has 0 aliphatic heterocycles. The van der Waals surface area contributed by atoms with Gasteiger partial charge >= 0.3 is 5.97 Å². The number of hydrogen-bond acceptors (Lipinski definition) is 7. The predicted octanol–water partition coefficient (Wildman–Crippen LogP) is 5.91. The molecule has 2 aromatic carbocycles. The Morgan fingerprint density at radius 2 is 1.28 bits per heavy atom. The Morgan fingerprint density at radius 3 is 1.79 bits per heavy atom. The molecule has 0 fully saturated rings. The fraction of sp³-hybridized carbons (Fsp3) is 0.308. The second-order valence-corrected chi connectivity index (χ2v) is 15.2. The van der Waals surface area contributed by atoms with Crippen LogP contribution in [0.4, 0.5) is 11.4 Å². The van der Waals surface area contributed by atoms with Gasteiger partial charge in [0.15, 0.2) is 11.6 Å². The molecule has 0 radical (unpaired) electrons. The molecule has 0 aliphatic carbocycles. The lowest BCUT2D eigenvalue weighted by Gasteiger charge is -2.24. The minimum absolute atomic E-state index is 0.0117. The number of benzene rings is 2. The molecule has 0 saturated carbocycles. The summed E-state index contributed by atoms with van der Waals surface area (Å²) in [5, 5.41) is 24.2. The van der Waals surface area contributed by atoms with Crippen molar-refractivity contribution in [2.45, 2.75) is 33.1 Å². The van der Waals surface area contributed by atoms with E-state index < -0.39 is 24.3 Å². The number of Topliss-reactive ketones (excluding diaryl/α,β-unsaturated/α-hetero) is 2. The number of aliphatic hydroxyl groups excluding tert-OH is 1. The normalized spacial score (nSPS) is 10.7. The Bertz CT molecular complexity index is 1550. The first-order valence-electron chi connectivity index (χ1n) is 12.2. The lowest BCUT2D eigenvalue weighted by atomic mass is 10.0. The number of rotatable bonds is 12. The summed E-state index contributed by atoms with van der Waals surface area (Å²) in [5.74, 6) is -3.50. The zero-order valence-electron chi connectivity index (χ0n) is 22.6. The van der Waals surface area contributed by atoms with Crippen LogP contribution in [0.3, 0.4) is 0 Å². The molecule has 2 rings (SSSR count). The summed E-state index contributed by atoms with van der Waals surface area (Å²) in [6.07, 6.45) is 0.357. The van der Waals surface area contributed by atoms with Gasteiger partial charge in [-0.05, 0) is 142 Å². The molecule has 4 N–H and O–H groups in total. The highest BCUT2D eigenvalue weighted by Crippen LogP contribution is 2.39. The molecule has 3 amide bonds. The maximum atomic E-state index is 13.5. The van der Waals surface area contributed by atoms with Crippen LogP contribution in [0.5, 0.6) is 0 Å². The summed E-state index contributed by atoms with van der Waals surface area (Å²) in [4.78, 5) is 78.0. The molecule has 43 heavy (non-hydrogen) atoms. The summed E-state index contributed by atoms with van der Waals surface area (Å²) in [6.45, 7) is 2.33. The molecule has 11 nitrogen and oxygen atoms in total. The van der Waals surface area contributed by atoms with Crippen molar-refractivity contribution < 1.29 is 39.0 Å². The van der Waals surface area contributed by atoms with Gasteiger partial charge < -0.3 is 25.7 Å². The smallest absolute Gasteiger partial charge is 0.337 e. The first-order valence-corrected chi connectivity index (χ1v) is 18.6. The van der Waals surface area contributed by atoms with Gasteiger partial charge in [0.2, 0.25) is 11.8 Å². The van der Waals surface area contributed by atoms with Crippen LogP contribution in [-0.2, 0) is 9.59 Å².